The van der Waals surface area contributed by atoms with Crippen molar-refractivity contribution in [3.8, 4) is 0 Å². The average Bonchev–Trinajstić information content (AvgIpc) is 3.00. The molecule has 1 saturated heterocycles. The highest BCUT2D eigenvalue weighted by Gasteiger charge is 2.27. The van der Waals surface area contributed by atoms with Crippen molar-refractivity contribution in [3.05, 3.63) is 47.7 Å². The van der Waals surface area contributed by atoms with Crippen LogP contribution in [0.15, 0.2) is 42.2 Å². The van der Waals surface area contributed by atoms with E-state index in [4.69, 9.17) is 4.74 Å². The first-order chi connectivity index (χ1) is 11.7. The first-order valence-electron chi connectivity index (χ1n) is 8.40. The van der Waals surface area contributed by atoms with Crippen LogP contribution in [0.1, 0.15) is 45.2 Å². The van der Waals surface area contributed by atoms with Crippen molar-refractivity contribution in [1.29, 1.82) is 0 Å². The molecule has 0 radical (unpaired) electrons. The topological polar surface area (TPSA) is 47.4 Å². The summed E-state index contributed by atoms with van der Waals surface area (Å²) < 4.78 is 8.21. The van der Waals surface area contributed by atoms with Crippen LogP contribution in [0.2, 0.25) is 0 Å². The molecule has 1 amide bonds. The predicted molar refractivity (Wildman–Crippen MR) is 105 cm³/mol. The summed E-state index contributed by atoms with van der Waals surface area (Å²) in [6, 6.07) is 0.283. The lowest BCUT2D eigenvalue weighted by Crippen LogP contribution is -2.42. The number of carbonyl (C=O) groups is 1. The molecular weight excluding hydrogens is 382 g/mol. The van der Waals surface area contributed by atoms with Gasteiger partial charge in [0.05, 0.1) is 12.2 Å². The summed E-state index contributed by atoms with van der Waals surface area (Å²) in [4.78, 5) is 13.9. The number of halogens is 1. The number of ether oxygens (including phenoxy) is 1. The minimum atomic E-state index is -0.461. The number of piperidine rings is 1. The van der Waals surface area contributed by atoms with Gasteiger partial charge in [-0.1, -0.05) is 35.2 Å². The summed E-state index contributed by atoms with van der Waals surface area (Å²) in [6.07, 6.45) is 9.05. The summed E-state index contributed by atoms with van der Waals surface area (Å²) in [6.45, 7) is 14.7. The van der Waals surface area contributed by atoms with Gasteiger partial charge < -0.3 is 9.64 Å². The minimum Gasteiger partial charge on any atom is -0.444 e. The zero-order valence-electron chi connectivity index (χ0n) is 15.2. The summed E-state index contributed by atoms with van der Waals surface area (Å²) in [5.41, 5.74) is 1.52. The van der Waals surface area contributed by atoms with Gasteiger partial charge in [0.1, 0.15) is 5.60 Å². The Labute approximate surface area is 158 Å². The highest BCUT2D eigenvalue weighted by atomic mass is 79.9. The van der Waals surface area contributed by atoms with E-state index < -0.39 is 5.60 Å². The van der Waals surface area contributed by atoms with Gasteiger partial charge in [-0.05, 0) is 45.3 Å². The molecule has 2 heterocycles. The quantitative estimate of drug-likeness (QED) is 0.664. The number of hydrogen-bond acceptors (Lipinski definition) is 3. The van der Waals surface area contributed by atoms with E-state index in [9.17, 15) is 4.79 Å². The maximum absolute atomic E-state index is 12.1. The monoisotopic (exact) mass is 407 g/mol. The lowest BCUT2D eigenvalue weighted by Gasteiger charge is -2.33. The molecule has 1 aliphatic heterocycles. The van der Waals surface area contributed by atoms with Crippen LogP contribution in [-0.4, -0.2) is 39.5 Å². The smallest absolute Gasteiger partial charge is 0.410 e. The number of amides is 1. The Morgan fingerprint density at radius 3 is 2.56 bits per heavy atom. The molecule has 0 aromatic carbocycles. The average molecular weight is 408 g/mol. The molecule has 0 bridgehead atoms. The van der Waals surface area contributed by atoms with Crippen LogP contribution in [-0.2, 0) is 4.74 Å². The number of nitrogens with zero attached hydrogens (tertiary/aromatic N) is 3. The second-order valence-corrected chi connectivity index (χ2v) is 8.18. The molecule has 0 spiro atoms. The predicted octanol–water partition coefficient (Wildman–Crippen LogP) is 4.93. The third-order valence-electron chi connectivity index (χ3n) is 3.96. The van der Waals surface area contributed by atoms with Crippen LogP contribution < -0.4 is 0 Å². The van der Waals surface area contributed by atoms with Crippen LogP contribution in [0.5, 0.6) is 0 Å². The lowest BCUT2D eigenvalue weighted by molar-refractivity contribution is 0.0185. The molecule has 0 N–H and O–H groups in total. The van der Waals surface area contributed by atoms with Gasteiger partial charge >= 0.3 is 6.09 Å². The van der Waals surface area contributed by atoms with Crippen molar-refractivity contribution in [1.82, 2.24) is 14.7 Å². The number of allylic oxidation sites excluding steroid dienone is 4. The van der Waals surface area contributed by atoms with E-state index in [-0.39, 0.29) is 12.1 Å². The highest BCUT2D eigenvalue weighted by molar-refractivity contribution is 9.11. The molecule has 0 aliphatic carbocycles. The van der Waals surface area contributed by atoms with Gasteiger partial charge in [-0.3, -0.25) is 4.68 Å². The van der Waals surface area contributed by atoms with Crippen LogP contribution in [0.25, 0.3) is 5.57 Å². The number of aromatic nitrogens is 2. The Bertz CT molecular complexity index is 677. The van der Waals surface area contributed by atoms with Gasteiger partial charge in [0.15, 0.2) is 0 Å². The molecule has 1 aliphatic rings. The van der Waals surface area contributed by atoms with E-state index >= 15 is 0 Å². The lowest BCUT2D eigenvalue weighted by atomic mass is 10.1. The van der Waals surface area contributed by atoms with Gasteiger partial charge in [-0.15, -0.1) is 0 Å². The number of hydrogen-bond donors (Lipinski definition) is 0. The Morgan fingerprint density at radius 2 is 2.04 bits per heavy atom. The molecule has 1 fully saturated rings. The van der Waals surface area contributed by atoms with Crippen molar-refractivity contribution < 1.29 is 9.53 Å². The Hall–Kier alpha value is -1.82. The van der Waals surface area contributed by atoms with E-state index in [2.05, 4.69) is 34.2 Å². The van der Waals surface area contributed by atoms with Gasteiger partial charge in [0, 0.05) is 29.3 Å². The summed E-state index contributed by atoms with van der Waals surface area (Å²) in [5, 5.41) is 4.49. The Balaban J connectivity index is 1.99. The fourth-order valence-electron chi connectivity index (χ4n) is 2.76. The van der Waals surface area contributed by atoms with E-state index in [1.807, 2.05) is 43.9 Å². The van der Waals surface area contributed by atoms with Gasteiger partial charge in [-0.25, -0.2) is 4.79 Å². The van der Waals surface area contributed by atoms with Crippen LogP contribution >= 0.6 is 15.9 Å². The fraction of sp³-hybridized carbons (Fsp3) is 0.474. The minimum absolute atomic E-state index is 0.236. The number of carbonyl (C=O) groups excluding carboxylic acids is 1. The second-order valence-electron chi connectivity index (χ2n) is 7.16. The molecule has 5 nitrogen and oxygen atoms in total. The molecule has 1 aromatic heterocycles. The molecule has 6 heteroatoms. The molecular formula is C19H26BrN3O2. The second kappa shape index (κ2) is 8.04. The first-order valence-corrected chi connectivity index (χ1v) is 9.20. The molecule has 2 rings (SSSR count). The summed E-state index contributed by atoms with van der Waals surface area (Å²) in [5.74, 6) is 0. The molecule has 0 atom stereocenters. The molecule has 1 aromatic rings. The van der Waals surface area contributed by atoms with E-state index in [1.54, 1.807) is 11.0 Å². The molecule has 136 valence electrons. The maximum atomic E-state index is 12.1. The van der Waals surface area contributed by atoms with Crippen molar-refractivity contribution >= 4 is 27.6 Å². The van der Waals surface area contributed by atoms with Gasteiger partial charge in [-0.2, -0.15) is 5.10 Å². The normalized spacial score (nSPS) is 16.6. The van der Waals surface area contributed by atoms with Crippen LogP contribution in [0.3, 0.4) is 0 Å². The summed E-state index contributed by atoms with van der Waals surface area (Å²) in [7, 11) is 0. The SMILES string of the molecule is C=CC(=CC(=C)Br)c1cnn(C2CCN(C(=O)OC(C)(C)C)CC2)c1. The van der Waals surface area contributed by atoms with E-state index in [0.717, 1.165) is 28.5 Å². The number of likely N-dealkylation sites (tertiary alicyclic amines) is 1. The third-order valence-corrected chi connectivity index (χ3v) is 4.19. The molecule has 0 saturated carbocycles. The van der Waals surface area contributed by atoms with Crippen molar-refractivity contribution in [2.75, 3.05) is 13.1 Å². The van der Waals surface area contributed by atoms with E-state index in [1.165, 1.54) is 0 Å². The maximum Gasteiger partial charge on any atom is 0.410 e. The largest absolute Gasteiger partial charge is 0.444 e. The van der Waals surface area contributed by atoms with Crippen LogP contribution in [0.4, 0.5) is 4.79 Å². The molecule has 25 heavy (non-hydrogen) atoms. The van der Waals surface area contributed by atoms with Crippen LogP contribution in [0, 0.1) is 0 Å². The highest BCUT2D eigenvalue weighted by Crippen LogP contribution is 2.26. The zero-order chi connectivity index (χ0) is 18.6. The number of rotatable bonds is 4. The van der Waals surface area contributed by atoms with Crippen molar-refractivity contribution in [2.45, 2.75) is 45.3 Å². The molecule has 0 unspecified atom stereocenters. The van der Waals surface area contributed by atoms with Crippen molar-refractivity contribution in [2.24, 2.45) is 0 Å². The Kier molecular flexibility index (Phi) is 6.27. The van der Waals surface area contributed by atoms with Gasteiger partial charge in [0.2, 0.25) is 0 Å². The third kappa shape index (κ3) is 5.59. The van der Waals surface area contributed by atoms with Crippen molar-refractivity contribution in [3.63, 3.8) is 0 Å². The first kappa shape index (κ1) is 19.5. The standard InChI is InChI=1S/C19H26BrN3O2/c1-6-15(11-14(2)20)16-12-21-23(13-16)17-7-9-22(10-8-17)18(24)25-19(3,4)5/h6,11-13,17H,1-2,7-10H2,3-5H3. The Morgan fingerprint density at radius 1 is 1.40 bits per heavy atom. The van der Waals surface area contributed by atoms with E-state index in [0.29, 0.717) is 13.1 Å². The fourth-order valence-corrected chi connectivity index (χ4v) is 3.00. The zero-order valence-corrected chi connectivity index (χ0v) is 16.8. The van der Waals surface area contributed by atoms with Gasteiger partial charge in [0.25, 0.3) is 0 Å². The summed E-state index contributed by atoms with van der Waals surface area (Å²) >= 11 is 3.34.